The van der Waals surface area contributed by atoms with Gasteiger partial charge in [0.05, 0.1) is 19.9 Å². The monoisotopic (exact) mass is 512 g/mol. The Morgan fingerprint density at radius 2 is 1.91 bits per heavy atom. The molecule has 0 aliphatic rings. The van der Waals surface area contributed by atoms with E-state index in [1.54, 1.807) is 30.8 Å². The fourth-order valence-corrected chi connectivity index (χ4v) is 3.51. The Kier molecular flexibility index (Phi) is 10.8. The fraction of sp³-hybridized carbons (Fsp3) is 0.333. The predicted octanol–water partition coefficient (Wildman–Crippen LogP) is 5.61. The first-order chi connectivity index (χ1) is 16.7. The van der Waals surface area contributed by atoms with E-state index in [1.807, 2.05) is 31.2 Å². The second-order valence-corrected chi connectivity index (χ2v) is 8.14. The van der Waals surface area contributed by atoms with Crippen LogP contribution in [0.5, 0.6) is 17.2 Å². The third-order valence-electron chi connectivity index (χ3n) is 4.62. The lowest BCUT2D eigenvalue weighted by molar-refractivity contribution is -0.192. The fourth-order valence-electron chi connectivity index (χ4n) is 2.89. The summed E-state index contributed by atoms with van der Waals surface area (Å²) in [5, 5.41) is 12.7. The van der Waals surface area contributed by atoms with E-state index in [0.29, 0.717) is 19.8 Å². The Balaban J connectivity index is 0.000000540. The number of hydrogen-bond acceptors (Lipinski definition) is 7. The normalized spacial score (nSPS) is 11.7. The molecule has 2 N–H and O–H groups in total. The maximum Gasteiger partial charge on any atom is 0.490 e. The van der Waals surface area contributed by atoms with Gasteiger partial charge in [-0.3, -0.25) is 4.98 Å². The van der Waals surface area contributed by atoms with Crippen molar-refractivity contribution < 1.29 is 37.3 Å². The van der Waals surface area contributed by atoms with Gasteiger partial charge in [0.15, 0.2) is 11.5 Å². The van der Waals surface area contributed by atoms with Crippen LogP contribution in [0.4, 0.5) is 13.2 Å². The summed E-state index contributed by atoms with van der Waals surface area (Å²) in [6.07, 6.45) is -1.57. The minimum Gasteiger partial charge on any atom is -0.495 e. The maximum absolute atomic E-state index is 10.6. The van der Waals surface area contributed by atoms with Gasteiger partial charge in [0.25, 0.3) is 0 Å². The first-order valence-corrected chi connectivity index (χ1v) is 11.5. The molecule has 2 heterocycles. The Hall–Kier alpha value is -3.31. The highest BCUT2D eigenvalue weighted by molar-refractivity contribution is 7.09. The summed E-state index contributed by atoms with van der Waals surface area (Å²) in [4.78, 5) is 14.2. The van der Waals surface area contributed by atoms with E-state index in [1.165, 1.54) is 4.88 Å². The van der Waals surface area contributed by atoms with Crippen molar-refractivity contribution in [1.29, 1.82) is 0 Å². The molecule has 0 amide bonds. The predicted molar refractivity (Wildman–Crippen MR) is 126 cm³/mol. The Labute approximate surface area is 205 Å². The van der Waals surface area contributed by atoms with Crippen LogP contribution >= 0.6 is 11.3 Å². The Morgan fingerprint density at radius 3 is 2.51 bits per heavy atom. The van der Waals surface area contributed by atoms with Crippen LogP contribution in [0.15, 0.2) is 54.2 Å². The van der Waals surface area contributed by atoms with Crippen LogP contribution in [0, 0.1) is 0 Å². The molecule has 0 radical (unpaired) electrons. The number of nitrogens with zero attached hydrogens (tertiary/aromatic N) is 1. The zero-order chi connectivity index (χ0) is 25.8. The summed E-state index contributed by atoms with van der Waals surface area (Å²) in [6.45, 7) is 5.94. The molecular weight excluding hydrogens is 485 g/mol. The lowest BCUT2D eigenvalue weighted by Crippen LogP contribution is -2.21. The van der Waals surface area contributed by atoms with E-state index >= 15 is 0 Å². The highest BCUT2D eigenvalue weighted by Crippen LogP contribution is 2.30. The molecule has 1 aromatic carbocycles. The molecule has 11 heteroatoms. The van der Waals surface area contributed by atoms with Crippen LogP contribution in [-0.4, -0.2) is 36.0 Å². The zero-order valence-electron chi connectivity index (χ0n) is 19.5. The summed E-state index contributed by atoms with van der Waals surface area (Å²) in [6, 6.07) is 12.3. The number of benzene rings is 1. The number of methoxy groups -OCH3 is 1. The second-order valence-electron chi connectivity index (χ2n) is 7.11. The van der Waals surface area contributed by atoms with Gasteiger partial charge in [-0.25, -0.2) is 4.79 Å². The van der Waals surface area contributed by atoms with Crippen molar-refractivity contribution in [1.82, 2.24) is 10.3 Å². The molecule has 0 saturated heterocycles. The van der Waals surface area contributed by atoms with Gasteiger partial charge in [-0.1, -0.05) is 12.1 Å². The number of carboxylic acid groups (broad SMARTS) is 1. The third kappa shape index (κ3) is 9.10. The van der Waals surface area contributed by atoms with Gasteiger partial charge in [-0.15, -0.1) is 11.3 Å². The highest BCUT2D eigenvalue weighted by atomic mass is 32.1. The van der Waals surface area contributed by atoms with E-state index in [4.69, 9.17) is 24.1 Å². The molecule has 0 bridgehead atoms. The van der Waals surface area contributed by atoms with E-state index in [-0.39, 0.29) is 6.04 Å². The van der Waals surface area contributed by atoms with Gasteiger partial charge in [0, 0.05) is 29.2 Å². The average Bonchev–Trinajstić information content (AvgIpc) is 3.35. The van der Waals surface area contributed by atoms with Crippen molar-refractivity contribution in [3.63, 3.8) is 0 Å². The number of carboxylic acids is 1. The molecule has 2 aromatic heterocycles. The van der Waals surface area contributed by atoms with E-state index < -0.39 is 12.1 Å². The van der Waals surface area contributed by atoms with Gasteiger partial charge in [0.2, 0.25) is 0 Å². The standard InChI is InChI=1S/C22H26N2O3S.C2HF3O2/c1-4-26-21-12-17(7-8-20(21)27-15-18-6-5-11-28-18)13-24-16(2)19-9-10-23-14-22(19)25-3;3-2(4,5)1(6)7/h5-12,14,16,24H,4,13,15H2,1-3H3;(H,6,7). The lowest BCUT2D eigenvalue weighted by atomic mass is 10.1. The number of thiophene rings is 1. The van der Waals surface area contributed by atoms with Gasteiger partial charge in [-0.2, -0.15) is 13.2 Å². The van der Waals surface area contributed by atoms with Crippen molar-refractivity contribution in [3.8, 4) is 17.2 Å². The van der Waals surface area contributed by atoms with Crippen LogP contribution in [0.1, 0.15) is 35.9 Å². The number of hydrogen-bond donors (Lipinski definition) is 2. The summed E-state index contributed by atoms with van der Waals surface area (Å²) < 4.78 is 48.9. The molecule has 3 rings (SSSR count). The molecule has 0 aliphatic carbocycles. The van der Waals surface area contributed by atoms with Crippen LogP contribution in [-0.2, 0) is 17.9 Å². The number of carbonyl (C=O) groups is 1. The zero-order valence-corrected chi connectivity index (χ0v) is 20.3. The SMILES string of the molecule is CCOc1cc(CNC(C)c2ccncc2OC)ccc1OCc1cccs1.O=C(O)C(F)(F)F. The van der Waals surface area contributed by atoms with E-state index in [0.717, 1.165) is 28.4 Å². The maximum atomic E-state index is 10.6. The van der Waals surface area contributed by atoms with Gasteiger partial charge in [0.1, 0.15) is 12.4 Å². The van der Waals surface area contributed by atoms with E-state index in [9.17, 15) is 13.2 Å². The van der Waals surface area contributed by atoms with Crippen molar-refractivity contribution in [2.75, 3.05) is 13.7 Å². The molecule has 0 spiro atoms. The number of halogens is 3. The molecule has 0 aliphatic heterocycles. The molecule has 3 aromatic rings. The minimum atomic E-state index is -5.08. The van der Waals surface area contributed by atoms with Crippen LogP contribution in [0.25, 0.3) is 0 Å². The largest absolute Gasteiger partial charge is 0.495 e. The first kappa shape index (κ1) is 27.9. The molecule has 0 saturated carbocycles. The van der Waals surface area contributed by atoms with Crippen LogP contribution in [0.3, 0.4) is 0 Å². The third-order valence-corrected chi connectivity index (χ3v) is 5.47. The number of ether oxygens (including phenoxy) is 3. The van der Waals surface area contributed by atoms with Crippen molar-refractivity contribution >= 4 is 17.3 Å². The molecule has 35 heavy (non-hydrogen) atoms. The number of rotatable bonds is 10. The molecule has 0 fully saturated rings. The molecule has 7 nitrogen and oxygen atoms in total. The van der Waals surface area contributed by atoms with Crippen LogP contribution in [0.2, 0.25) is 0 Å². The van der Waals surface area contributed by atoms with Crippen molar-refractivity contribution in [2.24, 2.45) is 0 Å². The number of alkyl halides is 3. The van der Waals surface area contributed by atoms with Gasteiger partial charge < -0.3 is 24.6 Å². The summed E-state index contributed by atoms with van der Waals surface area (Å²) in [7, 11) is 1.66. The van der Waals surface area contributed by atoms with Gasteiger partial charge >= 0.3 is 12.1 Å². The average molecular weight is 513 g/mol. The first-order valence-electron chi connectivity index (χ1n) is 10.6. The number of aromatic nitrogens is 1. The molecule has 1 unspecified atom stereocenters. The van der Waals surface area contributed by atoms with Crippen LogP contribution < -0.4 is 19.5 Å². The van der Waals surface area contributed by atoms with Crippen molar-refractivity contribution in [2.45, 2.75) is 39.2 Å². The van der Waals surface area contributed by atoms with Crippen molar-refractivity contribution in [3.05, 3.63) is 70.2 Å². The summed E-state index contributed by atoms with van der Waals surface area (Å²) in [5.41, 5.74) is 2.21. The Morgan fingerprint density at radius 1 is 1.17 bits per heavy atom. The second kappa shape index (κ2) is 13.5. The quantitative estimate of drug-likeness (QED) is 0.365. The smallest absolute Gasteiger partial charge is 0.490 e. The topological polar surface area (TPSA) is 89.9 Å². The number of nitrogens with one attached hydrogen (secondary N) is 1. The Bertz CT molecular complexity index is 1060. The summed E-state index contributed by atoms with van der Waals surface area (Å²) in [5.74, 6) is -0.433. The lowest BCUT2D eigenvalue weighted by Gasteiger charge is -2.18. The summed E-state index contributed by atoms with van der Waals surface area (Å²) >= 11 is 1.69. The molecule has 190 valence electrons. The number of aliphatic carboxylic acids is 1. The molecular formula is C24H27F3N2O5S. The van der Waals surface area contributed by atoms with E-state index in [2.05, 4.69) is 34.7 Å². The minimum absolute atomic E-state index is 0.128. The van der Waals surface area contributed by atoms with Gasteiger partial charge in [-0.05, 0) is 49.1 Å². The molecule has 1 atom stereocenters. The number of pyridine rings is 1. The highest BCUT2D eigenvalue weighted by Gasteiger charge is 2.38.